The van der Waals surface area contributed by atoms with E-state index < -0.39 is 0 Å². The van der Waals surface area contributed by atoms with Gasteiger partial charge in [0.05, 0.1) is 18.2 Å². The molecule has 7 nitrogen and oxygen atoms in total. The number of aromatic amines is 1. The first kappa shape index (κ1) is 14.2. The number of nitrogens with zero attached hydrogens (tertiary/aromatic N) is 4. The van der Waals surface area contributed by atoms with Crippen molar-refractivity contribution in [2.75, 3.05) is 0 Å². The molecule has 0 saturated heterocycles. The van der Waals surface area contributed by atoms with Crippen molar-refractivity contribution >= 4 is 11.6 Å². The van der Waals surface area contributed by atoms with Gasteiger partial charge >= 0.3 is 0 Å². The number of aryl methyl sites for hydroxylation is 2. The summed E-state index contributed by atoms with van der Waals surface area (Å²) in [5.74, 6) is 0.650. The van der Waals surface area contributed by atoms with Crippen molar-refractivity contribution in [2.24, 2.45) is 0 Å². The lowest BCUT2D eigenvalue weighted by Crippen LogP contribution is -2.29. The maximum atomic E-state index is 12.2. The largest absolute Gasteiger partial charge is 0.346 e. The van der Waals surface area contributed by atoms with Gasteiger partial charge in [-0.15, -0.1) is 10.2 Å². The maximum Gasteiger partial charge on any atom is 0.225 e. The molecule has 3 heterocycles. The molecule has 0 saturated carbocycles. The number of hydrogen-bond acceptors (Lipinski definition) is 4. The molecule has 2 N–H and O–H groups in total. The van der Waals surface area contributed by atoms with Crippen LogP contribution in [0.1, 0.15) is 35.7 Å². The third-order valence-electron chi connectivity index (χ3n) is 3.72. The van der Waals surface area contributed by atoms with Crippen molar-refractivity contribution in [3.8, 4) is 0 Å². The van der Waals surface area contributed by atoms with Gasteiger partial charge in [-0.05, 0) is 32.9 Å². The molecule has 0 fully saturated rings. The van der Waals surface area contributed by atoms with Gasteiger partial charge in [0.2, 0.25) is 5.91 Å². The van der Waals surface area contributed by atoms with Crippen molar-refractivity contribution in [3.63, 3.8) is 0 Å². The fourth-order valence-electron chi connectivity index (χ4n) is 2.51. The van der Waals surface area contributed by atoms with E-state index in [1.54, 1.807) is 0 Å². The standard InChI is InChI=1S/C15H18N6O/c1-9-12(10(2)18-17-9)8-14(22)16-11(3)15-20-19-13-6-4-5-7-21(13)15/h4-7,11H,8H2,1-3H3,(H,16,22)(H,17,18)/t11-/m0/s1. The number of hydrogen-bond donors (Lipinski definition) is 2. The number of rotatable bonds is 4. The van der Waals surface area contributed by atoms with Gasteiger partial charge in [-0.3, -0.25) is 14.3 Å². The van der Waals surface area contributed by atoms with E-state index in [4.69, 9.17) is 0 Å². The zero-order valence-electron chi connectivity index (χ0n) is 12.8. The summed E-state index contributed by atoms with van der Waals surface area (Å²) in [6.45, 7) is 5.70. The molecule has 3 rings (SSSR count). The summed E-state index contributed by atoms with van der Waals surface area (Å²) in [5, 5.41) is 18.2. The maximum absolute atomic E-state index is 12.2. The Morgan fingerprint density at radius 2 is 2.18 bits per heavy atom. The Morgan fingerprint density at radius 1 is 1.36 bits per heavy atom. The second-order valence-corrected chi connectivity index (χ2v) is 5.37. The summed E-state index contributed by atoms with van der Waals surface area (Å²) < 4.78 is 1.87. The molecule has 3 aromatic heterocycles. The molecule has 0 aliphatic carbocycles. The van der Waals surface area contributed by atoms with E-state index in [0.717, 1.165) is 22.6 Å². The molecule has 1 atom stereocenters. The van der Waals surface area contributed by atoms with Crippen LogP contribution in [0.4, 0.5) is 0 Å². The predicted molar refractivity (Wildman–Crippen MR) is 81.3 cm³/mol. The molecule has 0 aliphatic heterocycles. The van der Waals surface area contributed by atoms with E-state index in [-0.39, 0.29) is 11.9 Å². The van der Waals surface area contributed by atoms with Crippen molar-refractivity contribution in [1.29, 1.82) is 0 Å². The number of carbonyl (C=O) groups is 1. The third-order valence-corrected chi connectivity index (χ3v) is 3.72. The van der Waals surface area contributed by atoms with Crippen LogP contribution in [0.15, 0.2) is 24.4 Å². The monoisotopic (exact) mass is 298 g/mol. The number of H-pyrrole nitrogens is 1. The van der Waals surface area contributed by atoms with E-state index in [1.165, 1.54) is 0 Å². The zero-order chi connectivity index (χ0) is 15.7. The highest BCUT2D eigenvalue weighted by molar-refractivity contribution is 5.79. The molecule has 0 aliphatic rings. The molecule has 0 bridgehead atoms. The molecular formula is C15H18N6O. The van der Waals surface area contributed by atoms with Crippen LogP contribution in [0.25, 0.3) is 5.65 Å². The van der Waals surface area contributed by atoms with E-state index in [9.17, 15) is 4.79 Å². The first-order chi connectivity index (χ1) is 10.6. The van der Waals surface area contributed by atoms with Crippen LogP contribution in [-0.4, -0.2) is 30.7 Å². The lowest BCUT2D eigenvalue weighted by atomic mass is 10.1. The first-order valence-electron chi connectivity index (χ1n) is 7.15. The van der Waals surface area contributed by atoms with Crippen LogP contribution in [0.3, 0.4) is 0 Å². The number of amides is 1. The van der Waals surface area contributed by atoms with Crippen LogP contribution >= 0.6 is 0 Å². The molecule has 0 aromatic carbocycles. The lowest BCUT2D eigenvalue weighted by molar-refractivity contribution is -0.121. The molecule has 3 aromatic rings. The Balaban J connectivity index is 1.74. The predicted octanol–water partition coefficient (Wildman–Crippen LogP) is 1.49. The Morgan fingerprint density at radius 3 is 2.91 bits per heavy atom. The summed E-state index contributed by atoms with van der Waals surface area (Å²) in [6.07, 6.45) is 2.19. The second kappa shape index (κ2) is 5.59. The lowest BCUT2D eigenvalue weighted by Gasteiger charge is -2.12. The van der Waals surface area contributed by atoms with Crippen LogP contribution in [0, 0.1) is 13.8 Å². The summed E-state index contributed by atoms with van der Waals surface area (Å²) in [5.41, 5.74) is 3.48. The van der Waals surface area contributed by atoms with Crippen LogP contribution < -0.4 is 5.32 Å². The summed E-state index contributed by atoms with van der Waals surface area (Å²) in [4.78, 5) is 12.2. The molecule has 114 valence electrons. The Kier molecular flexibility index (Phi) is 3.62. The Labute approximate surface area is 127 Å². The number of carbonyl (C=O) groups excluding carboxylic acids is 1. The number of nitrogens with one attached hydrogen (secondary N) is 2. The average molecular weight is 298 g/mol. The van der Waals surface area contributed by atoms with E-state index in [1.807, 2.05) is 49.6 Å². The minimum absolute atomic E-state index is 0.0622. The van der Waals surface area contributed by atoms with Gasteiger partial charge in [0.1, 0.15) is 0 Å². The highest BCUT2D eigenvalue weighted by Gasteiger charge is 2.17. The number of pyridine rings is 1. The topological polar surface area (TPSA) is 88.0 Å². The Hall–Kier alpha value is -2.70. The van der Waals surface area contributed by atoms with Crippen LogP contribution in [0.5, 0.6) is 0 Å². The summed E-state index contributed by atoms with van der Waals surface area (Å²) >= 11 is 0. The van der Waals surface area contributed by atoms with E-state index >= 15 is 0 Å². The fourth-order valence-corrected chi connectivity index (χ4v) is 2.51. The van der Waals surface area contributed by atoms with Crippen LogP contribution in [-0.2, 0) is 11.2 Å². The molecule has 7 heteroatoms. The SMILES string of the molecule is Cc1n[nH]c(C)c1CC(=O)N[C@@H](C)c1nnc2ccccn12. The van der Waals surface area contributed by atoms with Crippen molar-refractivity contribution in [2.45, 2.75) is 33.2 Å². The average Bonchev–Trinajstić information content (AvgIpc) is 3.05. The fraction of sp³-hybridized carbons (Fsp3) is 0.333. The van der Waals surface area contributed by atoms with Gasteiger partial charge in [-0.25, -0.2) is 0 Å². The van der Waals surface area contributed by atoms with Gasteiger partial charge in [-0.2, -0.15) is 5.10 Å². The normalized spacial score (nSPS) is 12.5. The van der Waals surface area contributed by atoms with Gasteiger partial charge < -0.3 is 5.32 Å². The molecule has 0 spiro atoms. The van der Waals surface area contributed by atoms with E-state index in [2.05, 4.69) is 25.7 Å². The van der Waals surface area contributed by atoms with Crippen molar-refractivity contribution < 1.29 is 4.79 Å². The quantitative estimate of drug-likeness (QED) is 0.764. The smallest absolute Gasteiger partial charge is 0.225 e. The van der Waals surface area contributed by atoms with E-state index in [0.29, 0.717) is 12.2 Å². The van der Waals surface area contributed by atoms with Crippen molar-refractivity contribution in [3.05, 3.63) is 47.2 Å². The molecule has 0 unspecified atom stereocenters. The molecular weight excluding hydrogens is 280 g/mol. The number of fused-ring (bicyclic) bond motifs is 1. The molecule has 1 amide bonds. The van der Waals surface area contributed by atoms with Crippen LogP contribution in [0.2, 0.25) is 0 Å². The van der Waals surface area contributed by atoms with Gasteiger partial charge in [0.25, 0.3) is 0 Å². The Bertz CT molecular complexity index is 799. The molecule has 0 radical (unpaired) electrons. The third kappa shape index (κ3) is 2.57. The number of aromatic nitrogens is 5. The van der Waals surface area contributed by atoms with Gasteiger partial charge in [-0.1, -0.05) is 6.07 Å². The second-order valence-electron chi connectivity index (χ2n) is 5.37. The zero-order valence-corrected chi connectivity index (χ0v) is 12.8. The highest BCUT2D eigenvalue weighted by Crippen LogP contribution is 2.14. The summed E-state index contributed by atoms with van der Waals surface area (Å²) in [7, 11) is 0. The van der Waals surface area contributed by atoms with Gasteiger partial charge in [0.15, 0.2) is 11.5 Å². The summed E-state index contributed by atoms with van der Waals surface area (Å²) in [6, 6.07) is 5.47. The first-order valence-corrected chi connectivity index (χ1v) is 7.15. The van der Waals surface area contributed by atoms with Crippen molar-refractivity contribution in [1.82, 2.24) is 30.1 Å². The highest BCUT2D eigenvalue weighted by atomic mass is 16.1. The molecule has 22 heavy (non-hydrogen) atoms. The minimum atomic E-state index is -0.225. The minimum Gasteiger partial charge on any atom is -0.346 e. The van der Waals surface area contributed by atoms with Gasteiger partial charge in [0, 0.05) is 17.5 Å².